The molecule has 0 bridgehead atoms. The van der Waals surface area contributed by atoms with E-state index in [1.807, 2.05) is 0 Å². The zero-order chi connectivity index (χ0) is 13.4. The lowest BCUT2D eigenvalue weighted by atomic mass is 10.0. The second kappa shape index (κ2) is 4.62. The molecule has 0 aromatic carbocycles. The van der Waals surface area contributed by atoms with Gasteiger partial charge in [0, 0.05) is 16.9 Å². The average molecular weight is 333 g/mol. The van der Waals surface area contributed by atoms with E-state index in [0.29, 0.717) is 16.5 Å². The minimum Gasteiger partial charge on any atom is -0.346 e. The number of nitrogens with zero attached hydrogens (tertiary/aromatic N) is 1. The summed E-state index contributed by atoms with van der Waals surface area (Å²) < 4.78 is 23.6. The van der Waals surface area contributed by atoms with Gasteiger partial charge in [-0.25, -0.2) is 8.42 Å². The van der Waals surface area contributed by atoms with E-state index < -0.39 is 15.4 Å². The lowest BCUT2D eigenvalue weighted by molar-refractivity contribution is 0.0915. The Kier molecular flexibility index (Phi) is 3.46. The van der Waals surface area contributed by atoms with Crippen LogP contribution in [-0.4, -0.2) is 36.4 Å². The average Bonchev–Trinajstić information content (AvgIpc) is 2.52. The Bertz CT molecular complexity index is 588. The highest BCUT2D eigenvalue weighted by Gasteiger charge is 2.39. The third kappa shape index (κ3) is 3.08. The first-order chi connectivity index (χ1) is 8.30. The van der Waals surface area contributed by atoms with Gasteiger partial charge in [0.25, 0.3) is 5.91 Å². The molecule has 2 rings (SSSR count). The molecule has 1 aromatic rings. The number of hydrogen-bond donors (Lipinski definition) is 1. The van der Waals surface area contributed by atoms with E-state index in [1.54, 1.807) is 19.2 Å². The fourth-order valence-electron chi connectivity index (χ4n) is 1.99. The molecule has 1 fully saturated rings. The van der Waals surface area contributed by atoms with Crippen LogP contribution < -0.4 is 5.32 Å². The van der Waals surface area contributed by atoms with Gasteiger partial charge in [-0.15, -0.1) is 0 Å². The number of carbonyl (C=O) groups excluding carboxylic acids is 1. The fraction of sp³-hybridized carbons (Fsp3) is 0.455. The summed E-state index contributed by atoms with van der Waals surface area (Å²) >= 11 is 3.24. The van der Waals surface area contributed by atoms with E-state index in [-0.39, 0.29) is 17.4 Å². The van der Waals surface area contributed by atoms with Gasteiger partial charge >= 0.3 is 0 Å². The molecule has 0 unspecified atom stereocenters. The monoisotopic (exact) mass is 332 g/mol. The first kappa shape index (κ1) is 13.5. The lowest BCUT2D eigenvalue weighted by Crippen LogP contribution is -2.46. The van der Waals surface area contributed by atoms with Crippen molar-refractivity contribution in [2.75, 3.05) is 11.5 Å². The van der Waals surface area contributed by atoms with Crippen LogP contribution in [0.1, 0.15) is 23.7 Å². The standard InChI is InChI=1S/C11H13BrN2O3S/c1-11(2-3-18(16,17)7-11)14-10(15)8-4-9(12)6-13-5-8/h4-6H,2-3,7H2,1H3,(H,14,15)/t11-/m0/s1. The molecule has 2 heterocycles. The number of hydrogen-bond acceptors (Lipinski definition) is 4. The number of rotatable bonds is 2. The molecule has 5 nitrogen and oxygen atoms in total. The zero-order valence-corrected chi connectivity index (χ0v) is 12.2. The maximum atomic E-state index is 12.0. The van der Waals surface area contributed by atoms with Crippen molar-refractivity contribution in [2.45, 2.75) is 18.9 Å². The molecule has 1 aliphatic rings. The van der Waals surface area contributed by atoms with Crippen LogP contribution in [0, 0.1) is 0 Å². The predicted octanol–water partition coefficient (Wildman–Crippen LogP) is 1.15. The summed E-state index contributed by atoms with van der Waals surface area (Å²) in [6.45, 7) is 1.75. The Morgan fingerprint density at radius 1 is 1.50 bits per heavy atom. The maximum Gasteiger partial charge on any atom is 0.253 e. The molecule has 18 heavy (non-hydrogen) atoms. The van der Waals surface area contributed by atoms with Gasteiger partial charge in [0.15, 0.2) is 9.84 Å². The highest BCUT2D eigenvalue weighted by Crippen LogP contribution is 2.23. The van der Waals surface area contributed by atoms with Gasteiger partial charge in [-0.1, -0.05) is 0 Å². The molecule has 1 saturated heterocycles. The molecule has 98 valence electrons. The van der Waals surface area contributed by atoms with Gasteiger partial charge in [-0.05, 0) is 35.3 Å². The number of nitrogens with one attached hydrogen (secondary N) is 1. The Morgan fingerprint density at radius 2 is 2.22 bits per heavy atom. The Hall–Kier alpha value is -0.950. The highest BCUT2D eigenvalue weighted by atomic mass is 79.9. The van der Waals surface area contributed by atoms with Crippen LogP contribution in [0.4, 0.5) is 0 Å². The van der Waals surface area contributed by atoms with E-state index in [2.05, 4.69) is 26.2 Å². The Labute approximate surface area is 114 Å². The maximum absolute atomic E-state index is 12.0. The number of carbonyl (C=O) groups is 1. The van der Waals surface area contributed by atoms with E-state index in [1.165, 1.54) is 6.20 Å². The first-order valence-electron chi connectivity index (χ1n) is 5.43. The van der Waals surface area contributed by atoms with Crippen LogP contribution in [0.5, 0.6) is 0 Å². The van der Waals surface area contributed by atoms with E-state index >= 15 is 0 Å². The second-order valence-corrected chi connectivity index (χ2v) is 7.85. The van der Waals surface area contributed by atoms with Crippen molar-refractivity contribution < 1.29 is 13.2 Å². The van der Waals surface area contributed by atoms with Crippen molar-refractivity contribution in [3.63, 3.8) is 0 Å². The fourth-order valence-corrected chi connectivity index (χ4v) is 4.45. The smallest absolute Gasteiger partial charge is 0.253 e. The quantitative estimate of drug-likeness (QED) is 0.881. The number of sulfone groups is 1. The molecular formula is C11H13BrN2O3S. The van der Waals surface area contributed by atoms with Crippen molar-refractivity contribution in [3.8, 4) is 0 Å². The summed E-state index contributed by atoms with van der Waals surface area (Å²) in [6.07, 6.45) is 3.48. The number of halogens is 1. The number of pyridine rings is 1. The van der Waals surface area contributed by atoms with E-state index in [0.717, 1.165) is 0 Å². The first-order valence-corrected chi connectivity index (χ1v) is 8.05. The van der Waals surface area contributed by atoms with Crippen molar-refractivity contribution in [2.24, 2.45) is 0 Å². The predicted molar refractivity (Wildman–Crippen MR) is 71.1 cm³/mol. The normalized spacial score (nSPS) is 25.9. The summed E-state index contributed by atoms with van der Waals surface area (Å²) in [4.78, 5) is 15.9. The van der Waals surface area contributed by atoms with Crippen molar-refractivity contribution >= 4 is 31.7 Å². The molecule has 7 heteroatoms. The molecule has 1 amide bonds. The Morgan fingerprint density at radius 3 is 2.78 bits per heavy atom. The SMILES string of the molecule is C[C@]1(NC(=O)c2cncc(Br)c2)CCS(=O)(=O)C1. The molecule has 1 N–H and O–H groups in total. The summed E-state index contributed by atoms with van der Waals surface area (Å²) in [7, 11) is -3.03. The third-order valence-corrected chi connectivity index (χ3v) is 5.22. The molecule has 1 atom stereocenters. The number of amides is 1. The Balaban J connectivity index is 2.13. The molecule has 0 saturated carbocycles. The van der Waals surface area contributed by atoms with Crippen LogP contribution >= 0.6 is 15.9 Å². The van der Waals surface area contributed by atoms with Crippen molar-refractivity contribution in [1.82, 2.24) is 10.3 Å². The minimum absolute atomic E-state index is 0.00677. The number of aromatic nitrogens is 1. The summed E-state index contributed by atoms with van der Waals surface area (Å²) in [6, 6.07) is 1.65. The van der Waals surface area contributed by atoms with Gasteiger partial charge in [0.1, 0.15) is 0 Å². The molecule has 0 spiro atoms. The molecule has 0 radical (unpaired) electrons. The van der Waals surface area contributed by atoms with Gasteiger partial charge in [-0.2, -0.15) is 0 Å². The molecular weight excluding hydrogens is 320 g/mol. The summed E-state index contributed by atoms with van der Waals surface area (Å²) in [5.41, 5.74) is -0.270. The van der Waals surface area contributed by atoms with Crippen LogP contribution in [0.15, 0.2) is 22.9 Å². The minimum atomic E-state index is -3.03. The van der Waals surface area contributed by atoms with Crippen LogP contribution in [0.25, 0.3) is 0 Å². The largest absolute Gasteiger partial charge is 0.346 e. The van der Waals surface area contributed by atoms with E-state index in [4.69, 9.17) is 0 Å². The van der Waals surface area contributed by atoms with Gasteiger partial charge in [-0.3, -0.25) is 9.78 Å². The molecule has 1 aromatic heterocycles. The van der Waals surface area contributed by atoms with E-state index in [9.17, 15) is 13.2 Å². The van der Waals surface area contributed by atoms with Crippen LogP contribution in [0.3, 0.4) is 0 Å². The van der Waals surface area contributed by atoms with Crippen LogP contribution in [-0.2, 0) is 9.84 Å². The second-order valence-electron chi connectivity index (χ2n) is 4.75. The summed E-state index contributed by atoms with van der Waals surface area (Å²) in [5.74, 6) is -0.184. The lowest BCUT2D eigenvalue weighted by Gasteiger charge is -2.23. The molecule has 0 aliphatic carbocycles. The zero-order valence-electron chi connectivity index (χ0n) is 9.81. The van der Waals surface area contributed by atoms with Crippen molar-refractivity contribution in [1.29, 1.82) is 0 Å². The van der Waals surface area contributed by atoms with Crippen LogP contribution in [0.2, 0.25) is 0 Å². The highest BCUT2D eigenvalue weighted by molar-refractivity contribution is 9.10. The van der Waals surface area contributed by atoms with Gasteiger partial charge in [0.2, 0.25) is 0 Å². The molecule has 1 aliphatic heterocycles. The van der Waals surface area contributed by atoms with Crippen molar-refractivity contribution in [3.05, 3.63) is 28.5 Å². The van der Waals surface area contributed by atoms with Gasteiger partial charge < -0.3 is 5.32 Å². The third-order valence-electron chi connectivity index (χ3n) is 2.89. The summed E-state index contributed by atoms with van der Waals surface area (Å²) in [5, 5.41) is 2.78. The van der Waals surface area contributed by atoms with Gasteiger partial charge in [0.05, 0.1) is 22.6 Å². The topological polar surface area (TPSA) is 76.1 Å².